The molecule has 0 unspecified atom stereocenters. The molecule has 0 bridgehead atoms. The molecule has 1 fully saturated rings. The second-order valence-electron chi connectivity index (χ2n) is 6.79. The van der Waals surface area contributed by atoms with E-state index in [2.05, 4.69) is 22.2 Å². The van der Waals surface area contributed by atoms with Gasteiger partial charge in [0.25, 0.3) is 5.91 Å². The van der Waals surface area contributed by atoms with Crippen molar-refractivity contribution in [1.82, 2.24) is 15.0 Å². The number of ether oxygens (including phenoxy) is 1. The molecule has 0 radical (unpaired) electrons. The third-order valence-corrected chi connectivity index (χ3v) is 4.65. The zero-order valence-corrected chi connectivity index (χ0v) is 15.6. The fourth-order valence-electron chi connectivity index (χ4n) is 3.38. The van der Waals surface area contributed by atoms with Crippen LogP contribution in [0.2, 0.25) is 0 Å². The van der Waals surface area contributed by atoms with Crippen LogP contribution >= 0.6 is 0 Å². The van der Waals surface area contributed by atoms with E-state index in [0.717, 1.165) is 25.9 Å². The Morgan fingerprint density at radius 1 is 1.35 bits per heavy atom. The number of aromatic nitrogens is 1. The largest absolute Gasteiger partial charge is 0.380 e. The Balaban J connectivity index is 1.57. The van der Waals surface area contributed by atoms with Crippen LogP contribution in [0.5, 0.6) is 0 Å². The summed E-state index contributed by atoms with van der Waals surface area (Å²) < 4.78 is 10.9. The van der Waals surface area contributed by atoms with Gasteiger partial charge < -0.3 is 14.2 Å². The Kier molecular flexibility index (Phi) is 6.41. The fourth-order valence-corrected chi connectivity index (χ4v) is 3.38. The van der Waals surface area contributed by atoms with E-state index in [4.69, 9.17) is 9.26 Å². The van der Waals surface area contributed by atoms with E-state index >= 15 is 0 Å². The quantitative estimate of drug-likeness (QED) is 0.727. The van der Waals surface area contributed by atoms with Gasteiger partial charge in [0, 0.05) is 25.8 Å². The molecule has 0 N–H and O–H groups in total. The lowest BCUT2D eigenvalue weighted by molar-refractivity contribution is 0.0556. The van der Waals surface area contributed by atoms with E-state index in [1.807, 2.05) is 37.1 Å². The van der Waals surface area contributed by atoms with Crippen LogP contribution in [0.1, 0.15) is 41.6 Å². The Morgan fingerprint density at radius 2 is 2.15 bits per heavy atom. The smallest absolute Gasteiger partial charge is 0.276 e. The molecule has 2 heterocycles. The maximum atomic E-state index is 12.7. The van der Waals surface area contributed by atoms with Crippen LogP contribution in [0.15, 0.2) is 40.9 Å². The van der Waals surface area contributed by atoms with E-state index in [0.29, 0.717) is 31.2 Å². The van der Waals surface area contributed by atoms with Gasteiger partial charge in [-0.25, -0.2) is 0 Å². The Labute approximate surface area is 154 Å². The van der Waals surface area contributed by atoms with Gasteiger partial charge in [0.15, 0.2) is 11.5 Å². The lowest BCUT2D eigenvalue weighted by Crippen LogP contribution is -2.38. The van der Waals surface area contributed by atoms with Gasteiger partial charge in [-0.05, 0) is 32.4 Å². The summed E-state index contributed by atoms with van der Waals surface area (Å²) >= 11 is 0. The van der Waals surface area contributed by atoms with Crippen molar-refractivity contribution in [2.75, 3.05) is 26.8 Å². The molecule has 1 aliphatic heterocycles. The van der Waals surface area contributed by atoms with Crippen LogP contribution in [-0.4, -0.2) is 53.7 Å². The summed E-state index contributed by atoms with van der Waals surface area (Å²) in [4.78, 5) is 16.7. The van der Waals surface area contributed by atoms with Crippen LogP contribution in [0.4, 0.5) is 0 Å². The van der Waals surface area contributed by atoms with Crippen molar-refractivity contribution in [1.29, 1.82) is 0 Å². The van der Waals surface area contributed by atoms with Crippen LogP contribution in [0.3, 0.4) is 0 Å². The summed E-state index contributed by atoms with van der Waals surface area (Å²) in [6, 6.07) is 12.2. The number of likely N-dealkylation sites (tertiary alicyclic amines) is 1. The van der Waals surface area contributed by atoms with Crippen molar-refractivity contribution in [2.45, 2.75) is 38.9 Å². The first kappa shape index (κ1) is 18.6. The minimum Gasteiger partial charge on any atom is -0.380 e. The van der Waals surface area contributed by atoms with Crippen molar-refractivity contribution >= 4 is 5.91 Å². The molecule has 1 aromatic carbocycles. The molecule has 0 aliphatic carbocycles. The van der Waals surface area contributed by atoms with Gasteiger partial charge in [0.2, 0.25) is 0 Å². The molecule has 1 aliphatic rings. The highest BCUT2D eigenvalue weighted by Gasteiger charge is 2.31. The summed E-state index contributed by atoms with van der Waals surface area (Å²) in [5, 5.41) is 4.00. The number of hydrogen-bond acceptors (Lipinski definition) is 5. The molecule has 2 aromatic rings. The molecule has 26 heavy (non-hydrogen) atoms. The van der Waals surface area contributed by atoms with E-state index in [9.17, 15) is 4.79 Å². The predicted molar refractivity (Wildman–Crippen MR) is 98.7 cm³/mol. The van der Waals surface area contributed by atoms with Gasteiger partial charge in [-0.15, -0.1) is 0 Å². The highest BCUT2D eigenvalue weighted by Crippen LogP contribution is 2.21. The number of carbonyl (C=O) groups excluding carboxylic acids is 1. The molecule has 1 amide bonds. The summed E-state index contributed by atoms with van der Waals surface area (Å²) in [6.45, 7) is 5.40. The van der Waals surface area contributed by atoms with Crippen LogP contribution in [0, 0.1) is 0 Å². The molecule has 1 aromatic heterocycles. The minimum atomic E-state index is -0.0621. The molecule has 6 nitrogen and oxygen atoms in total. The first-order chi connectivity index (χ1) is 12.7. The molecule has 0 spiro atoms. The van der Waals surface area contributed by atoms with Crippen molar-refractivity contribution in [3.05, 3.63) is 53.4 Å². The summed E-state index contributed by atoms with van der Waals surface area (Å²) in [6.07, 6.45) is 1.99. The van der Waals surface area contributed by atoms with Crippen LogP contribution < -0.4 is 0 Å². The van der Waals surface area contributed by atoms with Gasteiger partial charge in [-0.2, -0.15) is 0 Å². The maximum absolute atomic E-state index is 12.7. The van der Waals surface area contributed by atoms with E-state index in [1.165, 1.54) is 5.56 Å². The van der Waals surface area contributed by atoms with Gasteiger partial charge in [0.05, 0.1) is 19.2 Å². The molecular formula is C20H27N3O3. The van der Waals surface area contributed by atoms with Crippen LogP contribution in [0.25, 0.3) is 0 Å². The molecule has 6 heteroatoms. The average molecular weight is 357 g/mol. The number of nitrogens with zero attached hydrogens (tertiary/aromatic N) is 3. The monoisotopic (exact) mass is 357 g/mol. The normalized spacial score (nSPS) is 17.2. The molecule has 0 saturated carbocycles. The SMILES string of the molecule is CCOC[C@@H]1CCCN1C(=O)c1cc(CN(C)Cc2ccccc2)on1. The zero-order valence-electron chi connectivity index (χ0n) is 15.6. The molecule has 1 atom stereocenters. The number of benzene rings is 1. The second kappa shape index (κ2) is 8.96. The lowest BCUT2D eigenvalue weighted by Gasteiger charge is -2.23. The van der Waals surface area contributed by atoms with Gasteiger partial charge in [-0.3, -0.25) is 9.69 Å². The molecule has 140 valence electrons. The van der Waals surface area contributed by atoms with E-state index < -0.39 is 0 Å². The van der Waals surface area contributed by atoms with Crippen molar-refractivity contribution < 1.29 is 14.1 Å². The Morgan fingerprint density at radius 3 is 2.92 bits per heavy atom. The minimum absolute atomic E-state index is 0.0621. The van der Waals surface area contributed by atoms with Crippen molar-refractivity contribution in [2.24, 2.45) is 0 Å². The van der Waals surface area contributed by atoms with Crippen molar-refractivity contribution in [3.8, 4) is 0 Å². The topological polar surface area (TPSA) is 58.8 Å². The third kappa shape index (κ3) is 4.71. The lowest BCUT2D eigenvalue weighted by atomic mass is 10.2. The summed E-state index contributed by atoms with van der Waals surface area (Å²) in [7, 11) is 2.02. The first-order valence-corrected chi connectivity index (χ1v) is 9.24. The molecule has 3 rings (SSSR count). The third-order valence-electron chi connectivity index (χ3n) is 4.65. The van der Waals surface area contributed by atoms with Gasteiger partial charge in [-0.1, -0.05) is 35.5 Å². The molecule has 1 saturated heterocycles. The molecular weight excluding hydrogens is 330 g/mol. The van der Waals surface area contributed by atoms with Gasteiger partial charge >= 0.3 is 0 Å². The number of hydrogen-bond donors (Lipinski definition) is 0. The van der Waals surface area contributed by atoms with Gasteiger partial charge in [0.1, 0.15) is 0 Å². The highest BCUT2D eigenvalue weighted by molar-refractivity contribution is 5.92. The number of rotatable bonds is 8. The maximum Gasteiger partial charge on any atom is 0.276 e. The summed E-state index contributed by atoms with van der Waals surface area (Å²) in [5.74, 6) is 0.639. The second-order valence-corrected chi connectivity index (χ2v) is 6.79. The zero-order chi connectivity index (χ0) is 18.4. The van der Waals surface area contributed by atoms with E-state index in [1.54, 1.807) is 6.07 Å². The average Bonchev–Trinajstić information content (AvgIpc) is 3.29. The predicted octanol–water partition coefficient (Wildman–Crippen LogP) is 2.95. The Hall–Kier alpha value is -2.18. The standard InChI is InChI=1S/C20H27N3O3/c1-3-25-15-17-10-7-11-23(17)20(24)19-12-18(26-21-19)14-22(2)13-16-8-5-4-6-9-16/h4-6,8-9,12,17H,3,7,10-11,13-15H2,1-2H3/t17-/m0/s1. The Bertz CT molecular complexity index is 701. The highest BCUT2D eigenvalue weighted by atomic mass is 16.5. The summed E-state index contributed by atoms with van der Waals surface area (Å²) in [5.41, 5.74) is 1.62. The van der Waals surface area contributed by atoms with Crippen molar-refractivity contribution in [3.63, 3.8) is 0 Å². The van der Waals surface area contributed by atoms with Crippen LogP contribution in [-0.2, 0) is 17.8 Å². The van der Waals surface area contributed by atoms with E-state index in [-0.39, 0.29) is 11.9 Å². The fraction of sp³-hybridized carbons (Fsp3) is 0.500. The first-order valence-electron chi connectivity index (χ1n) is 9.24. The number of amides is 1. The number of carbonyl (C=O) groups is 1.